The number of carbonyl (C=O) groups excluding carboxylic acids is 1. The Labute approximate surface area is 123 Å². The summed E-state index contributed by atoms with van der Waals surface area (Å²) in [5.74, 6) is 0.651. The van der Waals surface area contributed by atoms with Crippen molar-refractivity contribution in [2.75, 3.05) is 26.4 Å². The molecular formula is C15H21NO3S. The molecule has 4 nitrogen and oxygen atoms in total. The quantitative estimate of drug-likeness (QED) is 0.927. The van der Waals surface area contributed by atoms with E-state index in [0.717, 1.165) is 32.5 Å². The Morgan fingerprint density at radius 3 is 2.70 bits per heavy atom. The lowest BCUT2D eigenvalue weighted by Gasteiger charge is -2.31. The van der Waals surface area contributed by atoms with Gasteiger partial charge in [0.2, 0.25) is 5.91 Å². The van der Waals surface area contributed by atoms with Crippen molar-refractivity contribution in [3.05, 3.63) is 22.4 Å². The highest BCUT2D eigenvalue weighted by Crippen LogP contribution is 2.33. The Bertz CT molecular complexity index is 422. The molecule has 1 aromatic heterocycles. The number of carbonyl (C=O) groups is 1. The molecule has 0 bridgehead atoms. The molecule has 0 aliphatic carbocycles. The topological polar surface area (TPSA) is 47.6 Å². The second-order valence-corrected chi connectivity index (χ2v) is 6.49. The van der Waals surface area contributed by atoms with Gasteiger partial charge in [-0.05, 0) is 36.6 Å². The highest BCUT2D eigenvalue weighted by atomic mass is 32.1. The molecule has 2 saturated heterocycles. The molecule has 0 aromatic carbocycles. The van der Waals surface area contributed by atoms with Gasteiger partial charge in [-0.15, -0.1) is 11.3 Å². The summed E-state index contributed by atoms with van der Waals surface area (Å²) in [6.07, 6.45) is 2.88. The van der Waals surface area contributed by atoms with Crippen molar-refractivity contribution in [3.63, 3.8) is 0 Å². The van der Waals surface area contributed by atoms with Crippen molar-refractivity contribution >= 4 is 17.2 Å². The van der Waals surface area contributed by atoms with Crippen LogP contribution in [0.3, 0.4) is 0 Å². The van der Waals surface area contributed by atoms with Gasteiger partial charge in [0.15, 0.2) is 0 Å². The summed E-state index contributed by atoms with van der Waals surface area (Å²) < 4.78 is 10.8. The van der Waals surface area contributed by atoms with Crippen LogP contribution in [0, 0.1) is 11.8 Å². The van der Waals surface area contributed by atoms with Gasteiger partial charge in [0.05, 0.1) is 18.6 Å². The summed E-state index contributed by atoms with van der Waals surface area (Å²) >= 11 is 1.72. The van der Waals surface area contributed by atoms with Crippen LogP contribution in [0.2, 0.25) is 0 Å². The van der Waals surface area contributed by atoms with Crippen molar-refractivity contribution in [2.45, 2.75) is 25.3 Å². The lowest BCUT2D eigenvalue weighted by Crippen LogP contribution is -2.39. The third kappa shape index (κ3) is 3.22. The first-order valence-electron chi connectivity index (χ1n) is 7.34. The van der Waals surface area contributed by atoms with Gasteiger partial charge >= 0.3 is 0 Å². The molecule has 3 heterocycles. The van der Waals surface area contributed by atoms with Crippen molar-refractivity contribution in [2.24, 2.45) is 11.8 Å². The molecule has 2 aliphatic rings. The summed E-state index contributed by atoms with van der Waals surface area (Å²) in [6, 6.07) is 4.31. The molecule has 1 amide bonds. The van der Waals surface area contributed by atoms with Crippen molar-refractivity contribution in [1.82, 2.24) is 5.32 Å². The summed E-state index contributed by atoms with van der Waals surface area (Å²) in [5.41, 5.74) is 0. The first kappa shape index (κ1) is 14.0. The molecule has 0 spiro atoms. The van der Waals surface area contributed by atoms with Crippen LogP contribution in [0.5, 0.6) is 0 Å². The minimum Gasteiger partial charge on any atom is -0.381 e. The van der Waals surface area contributed by atoms with Gasteiger partial charge in [0.1, 0.15) is 0 Å². The second-order valence-electron chi connectivity index (χ2n) is 5.51. The average Bonchev–Trinajstić information content (AvgIpc) is 3.18. The van der Waals surface area contributed by atoms with E-state index < -0.39 is 0 Å². The zero-order chi connectivity index (χ0) is 13.8. The van der Waals surface area contributed by atoms with Crippen molar-refractivity contribution in [1.29, 1.82) is 0 Å². The van der Waals surface area contributed by atoms with Crippen molar-refractivity contribution in [3.8, 4) is 0 Å². The Morgan fingerprint density at radius 1 is 1.25 bits per heavy atom. The molecule has 2 fully saturated rings. The van der Waals surface area contributed by atoms with Gasteiger partial charge in [-0.2, -0.15) is 0 Å². The number of amides is 1. The van der Waals surface area contributed by atoms with Gasteiger partial charge in [-0.25, -0.2) is 0 Å². The van der Waals surface area contributed by atoms with Crippen LogP contribution in [0.15, 0.2) is 17.5 Å². The molecule has 5 heteroatoms. The number of hydrogen-bond acceptors (Lipinski definition) is 4. The maximum atomic E-state index is 12.4. The van der Waals surface area contributed by atoms with Gasteiger partial charge in [-0.1, -0.05) is 6.07 Å². The number of rotatable bonds is 4. The number of hydrogen-bond donors (Lipinski definition) is 1. The van der Waals surface area contributed by atoms with Crippen LogP contribution in [0.1, 0.15) is 30.2 Å². The standard InChI is InChI=1S/C15H21NO3S/c17-15(12-5-8-19-10-12)16-14(13-2-1-9-20-13)11-3-6-18-7-4-11/h1-2,9,11-12,14H,3-8,10H2,(H,16,17). The maximum Gasteiger partial charge on any atom is 0.226 e. The van der Waals surface area contributed by atoms with Crippen LogP contribution >= 0.6 is 11.3 Å². The van der Waals surface area contributed by atoms with Crippen LogP contribution in [0.25, 0.3) is 0 Å². The first-order valence-corrected chi connectivity index (χ1v) is 8.22. The zero-order valence-corrected chi connectivity index (χ0v) is 12.4. The van der Waals surface area contributed by atoms with Crippen LogP contribution in [-0.2, 0) is 14.3 Å². The van der Waals surface area contributed by atoms with Crippen LogP contribution < -0.4 is 5.32 Å². The Morgan fingerprint density at radius 2 is 2.05 bits per heavy atom. The second kappa shape index (κ2) is 6.70. The SMILES string of the molecule is O=C(NC(c1cccs1)C1CCOCC1)C1CCOC1. The van der Waals surface area contributed by atoms with Crippen molar-refractivity contribution < 1.29 is 14.3 Å². The van der Waals surface area contributed by atoms with Gasteiger partial charge < -0.3 is 14.8 Å². The minimum atomic E-state index is 0.0253. The summed E-state index contributed by atoms with van der Waals surface area (Å²) in [5, 5.41) is 5.34. The highest BCUT2D eigenvalue weighted by molar-refractivity contribution is 7.10. The molecule has 1 N–H and O–H groups in total. The van der Waals surface area contributed by atoms with Gasteiger partial charge in [-0.3, -0.25) is 4.79 Å². The predicted molar refractivity (Wildman–Crippen MR) is 77.7 cm³/mol. The fourth-order valence-corrected chi connectivity index (χ4v) is 3.82. The number of nitrogens with one attached hydrogen (secondary N) is 1. The smallest absolute Gasteiger partial charge is 0.226 e. The lowest BCUT2D eigenvalue weighted by molar-refractivity contribution is -0.126. The zero-order valence-electron chi connectivity index (χ0n) is 11.5. The van der Waals surface area contributed by atoms with Crippen LogP contribution in [-0.4, -0.2) is 32.3 Å². The molecule has 2 aliphatic heterocycles. The summed E-state index contributed by atoms with van der Waals surface area (Å²) in [7, 11) is 0. The molecule has 110 valence electrons. The predicted octanol–water partition coefficient (Wildman–Crippen LogP) is 2.37. The fraction of sp³-hybridized carbons (Fsp3) is 0.667. The number of thiophene rings is 1. The maximum absolute atomic E-state index is 12.4. The largest absolute Gasteiger partial charge is 0.381 e. The molecule has 0 saturated carbocycles. The molecular weight excluding hydrogens is 274 g/mol. The van der Waals surface area contributed by atoms with E-state index in [9.17, 15) is 4.79 Å². The molecule has 20 heavy (non-hydrogen) atoms. The Hall–Kier alpha value is -0.910. The Kier molecular flexibility index (Phi) is 4.70. The van der Waals surface area contributed by atoms with E-state index in [4.69, 9.17) is 9.47 Å². The monoisotopic (exact) mass is 295 g/mol. The summed E-state index contributed by atoms with van der Waals surface area (Å²) in [4.78, 5) is 13.6. The summed E-state index contributed by atoms with van der Waals surface area (Å²) in [6.45, 7) is 2.87. The molecule has 0 radical (unpaired) electrons. The molecule has 1 aromatic rings. The number of ether oxygens (including phenoxy) is 2. The van der Waals surface area contributed by atoms with E-state index in [0.29, 0.717) is 19.1 Å². The van der Waals surface area contributed by atoms with Crippen LogP contribution in [0.4, 0.5) is 0 Å². The first-order chi connectivity index (χ1) is 9.84. The molecule has 2 atom stereocenters. The van der Waals surface area contributed by atoms with E-state index >= 15 is 0 Å². The molecule has 2 unspecified atom stereocenters. The van der Waals surface area contributed by atoms with E-state index in [1.165, 1.54) is 4.88 Å². The third-order valence-electron chi connectivity index (χ3n) is 4.19. The fourth-order valence-electron chi connectivity index (χ4n) is 2.95. The van der Waals surface area contributed by atoms with E-state index in [1.807, 2.05) is 0 Å². The minimum absolute atomic E-state index is 0.0253. The third-order valence-corrected chi connectivity index (χ3v) is 5.14. The highest BCUT2D eigenvalue weighted by Gasteiger charge is 2.31. The van der Waals surface area contributed by atoms with E-state index in [1.54, 1.807) is 11.3 Å². The average molecular weight is 295 g/mol. The normalized spacial score (nSPS) is 25.5. The lowest BCUT2D eigenvalue weighted by atomic mass is 9.90. The Balaban J connectivity index is 1.69. The van der Waals surface area contributed by atoms with E-state index in [2.05, 4.69) is 22.8 Å². The van der Waals surface area contributed by atoms with Gasteiger partial charge in [0, 0.05) is 24.7 Å². The van der Waals surface area contributed by atoms with E-state index in [-0.39, 0.29) is 17.9 Å². The van der Waals surface area contributed by atoms with Gasteiger partial charge in [0.25, 0.3) is 0 Å². The molecule has 3 rings (SSSR count).